The molecule has 0 spiro atoms. The molecule has 6 nitrogen and oxygen atoms in total. The van der Waals surface area contributed by atoms with Crippen LogP contribution in [0.3, 0.4) is 0 Å². The van der Waals surface area contributed by atoms with Crippen molar-refractivity contribution in [1.82, 2.24) is 9.55 Å². The van der Waals surface area contributed by atoms with Crippen LogP contribution >= 0.6 is 15.9 Å². The molecule has 144 valence electrons. The number of amides is 1. The minimum absolute atomic E-state index is 0.0575. The molecule has 2 aromatic carbocycles. The number of anilines is 1. The molecule has 7 heteroatoms. The highest BCUT2D eigenvalue weighted by molar-refractivity contribution is 9.10. The first-order valence-electron chi connectivity index (χ1n) is 9.23. The fourth-order valence-electron chi connectivity index (χ4n) is 3.66. The van der Waals surface area contributed by atoms with Gasteiger partial charge in [0.2, 0.25) is 5.91 Å². The molecule has 1 fully saturated rings. The molecule has 0 N–H and O–H groups in total. The number of carbonyl (C=O) groups excluding carboxylic acids is 2. The van der Waals surface area contributed by atoms with Crippen LogP contribution in [0.2, 0.25) is 0 Å². The van der Waals surface area contributed by atoms with Crippen molar-refractivity contribution in [1.29, 1.82) is 0 Å². The summed E-state index contributed by atoms with van der Waals surface area (Å²) in [6.07, 6.45) is 0.363. The Balaban J connectivity index is 1.68. The van der Waals surface area contributed by atoms with Crippen molar-refractivity contribution in [2.24, 2.45) is 0 Å². The van der Waals surface area contributed by atoms with Crippen LogP contribution in [-0.4, -0.2) is 34.6 Å². The lowest BCUT2D eigenvalue weighted by Crippen LogP contribution is -2.24. The van der Waals surface area contributed by atoms with Crippen LogP contribution in [-0.2, 0) is 20.9 Å². The molecule has 1 aliphatic rings. The number of esters is 1. The summed E-state index contributed by atoms with van der Waals surface area (Å²) in [5, 5.41) is 0. The summed E-state index contributed by atoms with van der Waals surface area (Å²) >= 11 is 3.42. The number of aromatic nitrogens is 2. The van der Waals surface area contributed by atoms with Gasteiger partial charge in [0.25, 0.3) is 0 Å². The lowest BCUT2D eigenvalue weighted by atomic mass is 10.1. The van der Waals surface area contributed by atoms with E-state index in [1.807, 2.05) is 53.1 Å². The average Bonchev–Trinajstić information content (AvgIpc) is 3.24. The Labute approximate surface area is 171 Å². The van der Waals surface area contributed by atoms with Crippen molar-refractivity contribution >= 4 is 44.5 Å². The third-order valence-corrected chi connectivity index (χ3v) is 5.43. The summed E-state index contributed by atoms with van der Waals surface area (Å²) in [5.41, 5.74) is 2.56. The van der Waals surface area contributed by atoms with Gasteiger partial charge in [0.1, 0.15) is 12.4 Å². The highest BCUT2D eigenvalue weighted by Gasteiger charge is 2.35. The van der Waals surface area contributed by atoms with E-state index in [2.05, 4.69) is 15.9 Å². The van der Waals surface area contributed by atoms with Crippen molar-refractivity contribution in [3.63, 3.8) is 0 Å². The van der Waals surface area contributed by atoms with E-state index >= 15 is 0 Å². The lowest BCUT2D eigenvalue weighted by molar-refractivity contribution is -0.143. The van der Waals surface area contributed by atoms with Crippen LogP contribution in [0.5, 0.6) is 0 Å². The van der Waals surface area contributed by atoms with Crippen molar-refractivity contribution in [3.05, 3.63) is 58.8 Å². The van der Waals surface area contributed by atoms with Gasteiger partial charge in [0.05, 0.1) is 17.6 Å². The molecule has 0 bridgehead atoms. The fourth-order valence-corrected chi connectivity index (χ4v) is 3.92. The molecule has 1 saturated heterocycles. The van der Waals surface area contributed by atoms with Gasteiger partial charge in [-0.15, -0.1) is 0 Å². The third kappa shape index (κ3) is 3.54. The predicted molar refractivity (Wildman–Crippen MR) is 110 cm³/mol. The quantitative estimate of drug-likeness (QED) is 0.563. The van der Waals surface area contributed by atoms with Crippen molar-refractivity contribution in [2.75, 3.05) is 18.1 Å². The Hall–Kier alpha value is -2.67. The number of imidazole rings is 1. The predicted octanol–water partition coefficient (Wildman–Crippen LogP) is 3.88. The van der Waals surface area contributed by atoms with Crippen molar-refractivity contribution < 1.29 is 14.3 Å². The van der Waals surface area contributed by atoms with Crippen LogP contribution in [0.25, 0.3) is 11.0 Å². The van der Waals surface area contributed by atoms with E-state index in [1.54, 1.807) is 11.8 Å². The molecule has 1 unspecified atom stereocenters. The van der Waals surface area contributed by atoms with Crippen molar-refractivity contribution in [2.45, 2.75) is 25.8 Å². The Morgan fingerprint density at radius 3 is 2.71 bits per heavy atom. The first kappa shape index (κ1) is 18.7. The Morgan fingerprint density at radius 1 is 1.21 bits per heavy atom. The molecule has 1 atom stereocenters. The largest absolute Gasteiger partial charge is 0.465 e. The summed E-state index contributed by atoms with van der Waals surface area (Å²) < 4.78 is 7.99. The molecule has 2 heterocycles. The van der Waals surface area contributed by atoms with E-state index in [9.17, 15) is 9.59 Å². The molecule has 4 rings (SSSR count). The molecule has 1 amide bonds. The van der Waals surface area contributed by atoms with Crippen LogP contribution in [0.15, 0.2) is 53.0 Å². The lowest BCUT2D eigenvalue weighted by Gasteiger charge is -2.17. The first-order valence-corrected chi connectivity index (χ1v) is 10.0. The standard InChI is InChI=1S/C21H20BrN3O3/c1-2-28-20(27)13-25-18-6-4-3-5-17(18)23-21(25)14-11-19(26)24(12-14)16-9-7-15(22)8-10-16/h3-10,14H,2,11-13H2,1H3. The summed E-state index contributed by atoms with van der Waals surface area (Å²) in [5.74, 6) is 0.420. The van der Waals surface area contributed by atoms with Crippen LogP contribution in [0.4, 0.5) is 5.69 Å². The number of hydrogen-bond donors (Lipinski definition) is 0. The second-order valence-corrected chi connectivity index (χ2v) is 7.65. The zero-order valence-electron chi connectivity index (χ0n) is 15.5. The Bertz CT molecular complexity index is 1030. The van der Waals surface area contributed by atoms with E-state index in [1.165, 1.54) is 0 Å². The maximum Gasteiger partial charge on any atom is 0.326 e. The van der Waals surface area contributed by atoms with Crippen LogP contribution in [0, 0.1) is 0 Å². The molecule has 0 aliphatic carbocycles. The zero-order chi connectivity index (χ0) is 19.7. The summed E-state index contributed by atoms with van der Waals surface area (Å²) in [4.78, 5) is 31.4. The zero-order valence-corrected chi connectivity index (χ0v) is 17.1. The smallest absolute Gasteiger partial charge is 0.326 e. The van der Waals surface area contributed by atoms with Gasteiger partial charge < -0.3 is 14.2 Å². The minimum atomic E-state index is -0.305. The second-order valence-electron chi connectivity index (χ2n) is 6.73. The number of halogens is 1. The topological polar surface area (TPSA) is 64.4 Å². The highest BCUT2D eigenvalue weighted by Crippen LogP contribution is 2.33. The molecule has 3 aromatic rings. The van der Waals surface area contributed by atoms with Crippen LogP contribution in [0.1, 0.15) is 25.1 Å². The van der Waals surface area contributed by atoms with Gasteiger partial charge in [-0.25, -0.2) is 4.98 Å². The first-order chi connectivity index (χ1) is 13.6. The maximum absolute atomic E-state index is 12.7. The molecular weight excluding hydrogens is 422 g/mol. The van der Waals surface area contributed by atoms with Gasteiger partial charge in [-0.2, -0.15) is 0 Å². The fraction of sp³-hybridized carbons (Fsp3) is 0.286. The van der Waals surface area contributed by atoms with Crippen molar-refractivity contribution in [3.8, 4) is 0 Å². The molecule has 0 radical (unpaired) electrons. The number of para-hydroxylation sites is 2. The molecule has 0 saturated carbocycles. The van der Waals surface area contributed by atoms with Gasteiger partial charge in [-0.05, 0) is 43.3 Å². The molecule has 1 aromatic heterocycles. The number of nitrogens with zero attached hydrogens (tertiary/aromatic N) is 3. The number of benzene rings is 2. The maximum atomic E-state index is 12.7. The average molecular weight is 442 g/mol. The summed E-state index contributed by atoms with van der Waals surface area (Å²) in [6.45, 7) is 2.75. The second kappa shape index (κ2) is 7.75. The van der Waals surface area contributed by atoms with E-state index in [4.69, 9.17) is 9.72 Å². The van der Waals surface area contributed by atoms with E-state index < -0.39 is 0 Å². The minimum Gasteiger partial charge on any atom is -0.465 e. The number of rotatable bonds is 5. The molecule has 28 heavy (non-hydrogen) atoms. The van der Waals surface area contributed by atoms with E-state index in [0.717, 1.165) is 27.0 Å². The Morgan fingerprint density at radius 2 is 1.96 bits per heavy atom. The van der Waals surface area contributed by atoms with Gasteiger partial charge in [0, 0.05) is 29.0 Å². The normalized spacial score (nSPS) is 16.7. The Kier molecular flexibility index (Phi) is 5.17. The SMILES string of the molecule is CCOC(=O)Cn1c(C2CC(=O)N(c3ccc(Br)cc3)C2)nc2ccccc21. The number of carbonyl (C=O) groups is 2. The highest BCUT2D eigenvalue weighted by atomic mass is 79.9. The van der Waals surface area contributed by atoms with Gasteiger partial charge in [-0.3, -0.25) is 9.59 Å². The van der Waals surface area contributed by atoms with Gasteiger partial charge >= 0.3 is 5.97 Å². The van der Waals surface area contributed by atoms with E-state index in [0.29, 0.717) is 19.6 Å². The molecular formula is C21H20BrN3O3. The number of fused-ring (bicyclic) bond motifs is 1. The monoisotopic (exact) mass is 441 g/mol. The molecule has 1 aliphatic heterocycles. The summed E-state index contributed by atoms with van der Waals surface area (Å²) in [6, 6.07) is 15.4. The van der Waals surface area contributed by atoms with E-state index in [-0.39, 0.29) is 24.3 Å². The third-order valence-electron chi connectivity index (χ3n) is 4.91. The number of hydrogen-bond acceptors (Lipinski definition) is 4. The summed E-state index contributed by atoms with van der Waals surface area (Å²) in [7, 11) is 0. The van der Waals surface area contributed by atoms with Crippen LogP contribution < -0.4 is 4.90 Å². The number of ether oxygens (including phenoxy) is 1. The van der Waals surface area contributed by atoms with Gasteiger partial charge in [0.15, 0.2) is 0 Å². The van der Waals surface area contributed by atoms with Gasteiger partial charge in [-0.1, -0.05) is 28.1 Å².